The summed E-state index contributed by atoms with van der Waals surface area (Å²) in [4.78, 5) is 4.46. The van der Waals surface area contributed by atoms with Crippen molar-refractivity contribution in [1.29, 1.82) is 0 Å². The Kier molecular flexibility index (Phi) is 2.68. The van der Waals surface area contributed by atoms with Crippen molar-refractivity contribution in [2.24, 2.45) is 0 Å². The van der Waals surface area contributed by atoms with Crippen molar-refractivity contribution in [3.05, 3.63) is 53.7 Å². The molecule has 0 saturated carbocycles. The Labute approximate surface area is 122 Å². The largest absolute Gasteiger partial charge is 0.332 e. The van der Waals surface area contributed by atoms with Gasteiger partial charge in [0.15, 0.2) is 5.13 Å². The van der Waals surface area contributed by atoms with Crippen molar-refractivity contribution in [1.82, 2.24) is 4.98 Å². The third-order valence-electron chi connectivity index (χ3n) is 3.05. The van der Waals surface area contributed by atoms with E-state index in [0.29, 0.717) is 0 Å². The summed E-state index contributed by atoms with van der Waals surface area (Å²) in [5.74, 6) is -0.229. The molecule has 5 heteroatoms. The van der Waals surface area contributed by atoms with Crippen LogP contribution in [0.15, 0.2) is 47.8 Å². The van der Waals surface area contributed by atoms with Gasteiger partial charge in [0.05, 0.1) is 10.2 Å². The fraction of sp³-hybridized carbons (Fsp3) is 0. The normalized spacial score (nSPS) is 11.2. The van der Waals surface area contributed by atoms with Gasteiger partial charge >= 0.3 is 0 Å². The van der Waals surface area contributed by atoms with E-state index < -0.39 is 0 Å². The fourth-order valence-corrected chi connectivity index (χ4v) is 3.80. The number of halogens is 1. The molecular formula is C15H9FN2S2. The van der Waals surface area contributed by atoms with E-state index in [1.165, 1.54) is 33.6 Å². The molecule has 0 aliphatic rings. The minimum absolute atomic E-state index is 0.229. The van der Waals surface area contributed by atoms with E-state index in [9.17, 15) is 4.39 Å². The number of nitrogens with one attached hydrogen (secondary N) is 1. The molecular weight excluding hydrogens is 291 g/mol. The van der Waals surface area contributed by atoms with Crippen LogP contribution in [0.2, 0.25) is 0 Å². The molecule has 4 aromatic rings. The molecule has 0 atom stereocenters. The summed E-state index contributed by atoms with van der Waals surface area (Å²) < 4.78 is 15.3. The zero-order valence-corrected chi connectivity index (χ0v) is 11.9. The molecule has 0 aliphatic heterocycles. The van der Waals surface area contributed by atoms with Crippen LogP contribution in [0, 0.1) is 5.82 Å². The highest BCUT2D eigenvalue weighted by atomic mass is 32.1. The van der Waals surface area contributed by atoms with Crippen LogP contribution in [0.25, 0.3) is 20.3 Å². The molecule has 0 radical (unpaired) electrons. The van der Waals surface area contributed by atoms with Crippen molar-refractivity contribution >= 4 is 53.8 Å². The molecule has 0 amide bonds. The molecule has 2 aromatic heterocycles. The first kappa shape index (κ1) is 11.8. The molecule has 0 spiro atoms. The maximum atomic E-state index is 13.2. The van der Waals surface area contributed by atoms with Gasteiger partial charge in [0.1, 0.15) is 5.82 Å². The zero-order chi connectivity index (χ0) is 13.5. The lowest BCUT2D eigenvalue weighted by Gasteiger charge is -2.01. The van der Waals surface area contributed by atoms with Crippen molar-refractivity contribution < 1.29 is 4.39 Å². The van der Waals surface area contributed by atoms with Crippen LogP contribution in [0.4, 0.5) is 15.2 Å². The van der Waals surface area contributed by atoms with Crippen molar-refractivity contribution in [2.45, 2.75) is 0 Å². The molecule has 0 aliphatic carbocycles. The number of fused-ring (bicyclic) bond motifs is 2. The minimum atomic E-state index is -0.229. The van der Waals surface area contributed by atoms with Gasteiger partial charge in [-0.3, -0.25) is 0 Å². The van der Waals surface area contributed by atoms with Crippen LogP contribution >= 0.6 is 22.7 Å². The second-order valence-electron chi connectivity index (χ2n) is 4.43. The lowest BCUT2D eigenvalue weighted by Crippen LogP contribution is -1.88. The van der Waals surface area contributed by atoms with E-state index in [0.717, 1.165) is 21.0 Å². The highest BCUT2D eigenvalue weighted by Crippen LogP contribution is 2.30. The SMILES string of the molecule is Fc1ccc2nc(Nc3ccc4sccc4c3)sc2c1. The average Bonchev–Trinajstić information content (AvgIpc) is 3.03. The summed E-state index contributed by atoms with van der Waals surface area (Å²) in [6.45, 7) is 0. The predicted octanol–water partition coefficient (Wildman–Crippen LogP) is 5.39. The van der Waals surface area contributed by atoms with Crippen LogP contribution in [-0.2, 0) is 0 Å². The molecule has 0 unspecified atom stereocenters. The van der Waals surface area contributed by atoms with Gasteiger partial charge in [-0.15, -0.1) is 11.3 Å². The van der Waals surface area contributed by atoms with Gasteiger partial charge in [-0.2, -0.15) is 0 Å². The quantitative estimate of drug-likeness (QED) is 0.536. The minimum Gasteiger partial charge on any atom is -0.332 e. The Morgan fingerprint density at radius 3 is 2.90 bits per heavy atom. The van der Waals surface area contributed by atoms with Crippen molar-refractivity contribution in [3.63, 3.8) is 0 Å². The van der Waals surface area contributed by atoms with Gasteiger partial charge in [0.25, 0.3) is 0 Å². The van der Waals surface area contributed by atoms with E-state index in [-0.39, 0.29) is 5.82 Å². The Morgan fingerprint density at radius 1 is 1.00 bits per heavy atom. The number of nitrogens with zero attached hydrogens (tertiary/aromatic N) is 1. The number of rotatable bonds is 2. The lowest BCUT2D eigenvalue weighted by atomic mass is 10.2. The van der Waals surface area contributed by atoms with Crippen LogP contribution in [0.1, 0.15) is 0 Å². The smallest absolute Gasteiger partial charge is 0.188 e. The summed E-state index contributed by atoms with van der Waals surface area (Å²) in [5, 5.41) is 7.36. The van der Waals surface area contributed by atoms with E-state index in [2.05, 4.69) is 33.9 Å². The molecule has 0 fully saturated rings. The number of thiazole rings is 1. The monoisotopic (exact) mass is 300 g/mol. The maximum absolute atomic E-state index is 13.2. The first-order valence-electron chi connectivity index (χ1n) is 6.08. The topological polar surface area (TPSA) is 24.9 Å². The molecule has 2 heterocycles. The Balaban J connectivity index is 1.72. The molecule has 2 nitrogen and oxygen atoms in total. The van der Waals surface area contributed by atoms with Crippen LogP contribution in [-0.4, -0.2) is 4.98 Å². The third-order valence-corrected chi connectivity index (χ3v) is 4.89. The molecule has 0 saturated heterocycles. The molecule has 20 heavy (non-hydrogen) atoms. The first-order chi connectivity index (χ1) is 9.78. The second-order valence-corrected chi connectivity index (χ2v) is 6.41. The second kappa shape index (κ2) is 4.54. The predicted molar refractivity (Wildman–Crippen MR) is 84.7 cm³/mol. The van der Waals surface area contributed by atoms with E-state index in [1.807, 2.05) is 6.07 Å². The van der Waals surface area contributed by atoms with Gasteiger partial charge in [-0.25, -0.2) is 9.37 Å². The fourth-order valence-electron chi connectivity index (χ4n) is 2.12. The summed E-state index contributed by atoms with van der Waals surface area (Å²) in [6.07, 6.45) is 0. The van der Waals surface area contributed by atoms with Gasteiger partial charge in [-0.1, -0.05) is 11.3 Å². The zero-order valence-electron chi connectivity index (χ0n) is 10.3. The number of hydrogen-bond donors (Lipinski definition) is 1. The number of aromatic nitrogens is 1. The Hall–Kier alpha value is -1.98. The summed E-state index contributed by atoms with van der Waals surface area (Å²) in [5.41, 5.74) is 1.81. The third kappa shape index (κ3) is 2.05. The van der Waals surface area contributed by atoms with Crippen LogP contribution in [0.3, 0.4) is 0 Å². The van der Waals surface area contributed by atoms with Gasteiger partial charge in [-0.05, 0) is 53.2 Å². The van der Waals surface area contributed by atoms with Crippen LogP contribution in [0.5, 0.6) is 0 Å². The number of benzene rings is 2. The highest BCUT2D eigenvalue weighted by Gasteiger charge is 2.05. The highest BCUT2D eigenvalue weighted by molar-refractivity contribution is 7.22. The standard InChI is InChI=1S/C15H9FN2S2/c16-10-1-3-12-14(8-10)20-15(18-12)17-11-2-4-13-9(7-11)5-6-19-13/h1-8H,(H,17,18). The number of anilines is 2. The summed E-state index contributed by atoms with van der Waals surface area (Å²) in [6, 6.07) is 13.0. The number of hydrogen-bond acceptors (Lipinski definition) is 4. The molecule has 0 bridgehead atoms. The summed E-state index contributed by atoms with van der Waals surface area (Å²) in [7, 11) is 0. The summed E-state index contributed by atoms with van der Waals surface area (Å²) >= 11 is 3.18. The van der Waals surface area contributed by atoms with Gasteiger partial charge < -0.3 is 5.32 Å². The van der Waals surface area contributed by atoms with Gasteiger partial charge in [0, 0.05) is 10.4 Å². The van der Waals surface area contributed by atoms with Gasteiger partial charge in [0.2, 0.25) is 0 Å². The number of thiophene rings is 1. The Morgan fingerprint density at radius 2 is 1.95 bits per heavy atom. The maximum Gasteiger partial charge on any atom is 0.188 e. The first-order valence-corrected chi connectivity index (χ1v) is 7.78. The molecule has 2 aromatic carbocycles. The van der Waals surface area contributed by atoms with E-state index in [4.69, 9.17) is 0 Å². The van der Waals surface area contributed by atoms with Crippen LogP contribution < -0.4 is 5.32 Å². The van der Waals surface area contributed by atoms with Crippen molar-refractivity contribution in [2.75, 3.05) is 5.32 Å². The molecule has 1 N–H and O–H groups in total. The van der Waals surface area contributed by atoms with E-state index in [1.54, 1.807) is 17.4 Å². The average molecular weight is 300 g/mol. The lowest BCUT2D eigenvalue weighted by molar-refractivity contribution is 0.630. The molecule has 98 valence electrons. The molecule has 4 rings (SSSR count). The van der Waals surface area contributed by atoms with E-state index >= 15 is 0 Å². The Bertz CT molecular complexity index is 910. The van der Waals surface area contributed by atoms with Crippen molar-refractivity contribution in [3.8, 4) is 0 Å².